The molecule has 2 N–H and O–H groups in total. The van der Waals surface area contributed by atoms with Crippen molar-refractivity contribution in [3.8, 4) is 23.6 Å². The van der Waals surface area contributed by atoms with Gasteiger partial charge in [-0.05, 0) is 48.9 Å². The fraction of sp³-hybridized carbons (Fsp3) is 0.0455. The third-order valence-electron chi connectivity index (χ3n) is 4.22. The third-order valence-corrected chi connectivity index (χ3v) is 4.54. The Morgan fingerprint density at radius 1 is 1.14 bits per heavy atom. The van der Waals surface area contributed by atoms with Crippen molar-refractivity contribution in [3.63, 3.8) is 0 Å². The van der Waals surface area contributed by atoms with Gasteiger partial charge in [0.1, 0.15) is 5.75 Å². The average Bonchev–Trinajstić information content (AvgIpc) is 3.09. The number of aromatic carboxylic acids is 1. The zero-order valence-corrected chi connectivity index (χ0v) is 16.0. The predicted molar refractivity (Wildman–Crippen MR) is 110 cm³/mol. The number of ether oxygens (including phenoxy) is 1. The number of hydrogen-bond donors (Lipinski definition) is 2. The van der Waals surface area contributed by atoms with E-state index in [0.717, 1.165) is 5.56 Å². The number of carbonyl (C=O) groups is 1. The van der Waals surface area contributed by atoms with Gasteiger partial charge in [0.25, 0.3) is 6.01 Å². The van der Waals surface area contributed by atoms with Crippen LogP contribution in [0.15, 0.2) is 54.9 Å². The van der Waals surface area contributed by atoms with Crippen molar-refractivity contribution in [2.45, 2.75) is 6.92 Å². The van der Waals surface area contributed by atoms with Crippen LogP contribution in [0.5, 0.6) is 11.8 Å². The molecule has 4 rings (SSSR count). The molecule has 0 unspecified atom stereocenters. The first-order valence-corrected chi connectivity index (χ1v) is 9.00. The van der Waals surface area contributed by atoms with E-state index in [9.17, 15) is 9.90 Å². The van der Waals surface area contributed by atoms with E-state index in [1.54, 1.807) is 43.6 Å². The number of benzene rings is 2. The highest BCUT2D eigenvalue weighted by atomic mass is 35.5. The maximum Gasteiger partial charge on any atom is 0.336 e. The van der Waals surface area contributed by atoms with Gasteiger partial charge in [0, 0.05) is 23.5 Å². The zero-order valence-electron chi connectivity index (χ0n) is 15.2. The molecule has 142 valence electrons. The number of H-pyrrole nitrogens is 1. The molecule has 0 spiro atoms. The van der Waals surface area contributed by atoms with Gasteiger partial charge in [-0.3, -0.25) is 4.98 Å². The number of nitrogens with zero attached hydrogens (tertiary/aromatic N) is 2. The Morgan fingerprint density at radius 2 is 1.93 bits per heavy atom. The molecule has 0 amide bonds. The number of aromatic nitrogens is 3. The summed E-state index contributed by atoms with van der Waals surface area (Å²) in [5.41, 5.74) is 3.61. The van der Waals surface area contributed by atoms with Gasteiger partial charge in [0.15, 0.2) is 0 Å². The number of halogens is 1. The van der Waals surface area contributed by atoms with E-state index in [-0.39, 0.29) is 11.6 Å². The van der Waals surface area contributed by atoms with Crippen LogP contribution in [-0.4, -0.2) is 26.0 Å². The minimum Gasteiger partial charge on any atom is -0.478 e. The van der Waals surface area contributed by atoms with E-state index < -0.39 is 5.97 Å². The summed E-state index contributed by atoms with van der Waals surface area (Å²) in [6.07, 6.45) is 3.35. The lowest BCUT2D eigenvalue weighted by molar-refractivity contribution is 0.0695. The molecule has 0 fully saturated rings. The number of fused-ring (bicyclic) bond motifs is 1. The Labute approximate surface area is 171 Å². The van der Waals surface area contributed by atoms with Gasteiger partial charge in [0.2, 0.25) is 0 Å². The Morgan fingerprint density at radius 3 is 2.69 bits per heavy atom. The van der Waals surface area contributed by atoms with Gasteiger partial charge in [0.05, 0.1) is 21.6 Å². The van der Waals surface area contributed by atoms with E-state index in [0.29, 0.717) is 32.9 Å². The minimum atomic E-state index is -1.01. The summed E-state index contributed by atoms with van der Waals surface area (Å²) in [5.74, 6) is 5.43. The number of aromatic amines is 1. The first-order chi connectivity index (χ1) is 14.0. The van der Waals surface area contributed by atoms with E-state index >= 15 is 0 Å². The van der Waals surface area contributed by atoms with Gasteiger partial charge in [-0.2, -0.15) is 4.98 Å². The predicted octanol–water partition coefficient (Wildman–Crippen LogP) is 4.81. The molecule has 0 atom stereocenters. The van der Waals surface area contributed by atoms with E-state index in [1.165, 1.54) is 6.07 Å². The average molecular weight is 404 g/mol. The molecule has 0 radical (unpaired) electrons. The van der Waals surface area contributed by atoms with Crippen molar-refractivity contribution in [1.82, 2.24) is 15.0 Å². The van der Waals surface area contributed by atoms with Crippen LogP contribution in [0.4, 0.5) is 0 Å². The molecule has 2 aromatic heterocycles. The fourth-order valence-corrected chi connectivity index (χ4v) is 2.94. The third kappa shape index (κ3) is 4.05. The quantitative estimate of drug-likeness (QED) is 0.479. The Hall–Kier alpha value is -3.82. The molecule has 29 heavy (non-hydrogen) atoms. The summed E-state index contributed by atoms with van der Waals surface area (Å²) in [4.78, 5) is 22.7. The molecule has 0 bridgehead atoms. The zero-order chi connectivity index (χ0) is 20.4. The van der Waals surface area contributed by atoms with E-state index in [4.69, 9.17) is 16.3 Å². The standard InChI is InChI=1S/C22H14ClN3O3/c1-13-2-5-16(11-17(13)21(27)28)29-22-25-19-10-15(18(23)12-20(19)26-22)4-3-14-6-8-24-9-7-14/h2,5-12H,1H3,(H,25,26)(H,27,28). The summed E-state index contributed by atoms with van der Waals surface area (Å²) >= 11 is 6.34. The molecule has 0 aliphatic heterocycles. The number of rotatable bonds is 3. The van der Waals surface area contributed by atoms with Gasteiger partial charge < -0.3 is 14.8 Å². The molecule has 6 nitrogen and oxygen atoms in total. The first-order valence-electron chi connectivity index (χ1n) is 8.63. The second-order valence-electron chi connectivity index (χ2n) is 6.26. The fourth-order valence-electron chi connectivity index (χ4n) is 2.73. The summed E-state index contributed by atoms with van der Waals surface area (Å²) in [6.45, 7) is 1.73. The molecule has 4 aromatic rings. The molecular weight excluding hydrogens is 390 g/mol. The van der Waals surface area contributed by atoms with Crippen molar-refractivity contribution in [3.05, 3.63) is 82.1 Å². The Balaban J connectivity index is 1.64. The van der Waals surface area contributed by atoms with Crippen LogP contribution in [0.2, 0.25) is 5.02 Å². The van der Waals surface area contributed by atoms with Gasteiger partial charge in [-0.15, -0.1) is 0 Å². The van der Waals surface area contributed by atoms with Gasteiger partial charge >= 0.3 is 5.97 Å². The molecule has 0 aliphatic carbocycles. The number of imidazole rings is 1. The second-order valence-corrected chi connectivity index (χ2v) is 6.67. The summed E-state index contributed by atoms with van der Waals surface area (Å²) in [5, 5.41) is 9.74. The molecule has 0 aliphatic rings. The molecule has 0 saturated carbocycles. The normalized spacial score (nSPS) is 10.4. The molecule has 7 heteroatoms. The summed E-state index contributed by atoms with van der Waals surface area (Å²) < 4.78 is 5.70. The highest BCUT2D eigenvalue weighted by molar-refractivity contribution is 6.32. The number of carboxylic acids is 1. The lowest BCUT2D eigenvalue weighted by atomic mass is 10.1. The molecule has 0 saturated heterocycles. The van der Waals surface area contributed by atoms with Gasteiger partial charge in [-0.1, -0.05) is 29.5 Å². The smallest absolute Gasteiger partial charge is 0.336 e. The Kier molecular flexibility index (Phi) is 4.90. The lowest BCUT2D eigenvalue weighted by Gasteiger charge is -2.05. The Bertz CT molecular complexity index is 1290. The number of carboxylic acid groups (broad SMARTS) is 1. The van der Waals surface area contributed by atoms with Crippen molar-refractivity contribution in [1.29, 1.82) is 0 Å². The highest BCUT2D eigenvalue weighted by Gasteiger charge is 2.12. The maximum atomic E-state index is 11.3. The van der Waals surface area contributed by atoms with Crippen molar-refractivity contribution < 1.29 is 14.6 Å². The van der Waals surface area contributed by atoms with Crippen LogP contribution >= 0.6 is 11.6 Å². The molecule has 2 heterocycles. The van der Waals surface area contributed by atoms with Gasteiger partial charge in [-0.25, -0.2) is 4.79 Å². The number of aryl methyl sites for hydroxylation is 1. The largest absolute Gasteiger partial charge is 0.478 e. The minimum absolute atomic E-state index is 0.176. The van der Waals surface area contributed by atoms with Crippen LogP contribution in [-0.2, 0) is 0 Å². The summed E-state index contributed by atoms with van der Waals surface area (Å²) in [7, 11) is 0. The summed E-state index contributed by atoms with van der Waals surface area (Å²) in [6, 6.07) is 12.2. The number of hydrogen-bond acceptors (Lipinski definition) is 4. The lowest BCUT2D eigenvalue weighted by Crippen LogP contribution is -2.00. The highest BCUT2D eigenvalue weighted by Crippen LogP contribution is 2.27. The van der Waals surface area contributed by atoms with Crippen LogP contribution in [0.1, 0.15) is 27.0 Å². The maximum absolute atomic E-state index is 11.3. The van der Waals surface area contributed by atoms with Crippen LogP contribution in [0, 0.1) is 18.8 Å². The molecular formula is C22H14ClN3O3. The van der Waals surface area contributed by atoms with E-state index in [2.05, 4.69) is 26.8 Å². The monoisotopic (exact) mass is 403 g/mol. The number of nitrogens with one attached hydrogen (secondary N) is 1. The van der Waals surface area contributed by atoms with Crippen LogP contribution in [0.3, 0.4) is 0 Å². The van der Waals surface area contributed by atoms with E-state index in [1.807, 2.05) is 12.1 Å². The van der Waals surface area contributed by atoms with Crippen molar-refractivity contribution >= 4 is 28.6 Å². The van der Waals surface area contributed by atoms with Crippen molar-refractivity contribution in [2.24, 2.45) is 0 Å². The number of pyridine rings is 1. The van der Waals surface area contributed by atoms with Crippen LogP contribution in [0.25, 0.3) is 11.0 Å². The second kappa shape index (κ2) is 7.66. The van der Waals surface area contributed by atoms with Crippen LogP contribution < -0.4 is 4.74 Å². The topological polar surface area (TPSA) is 88.1 Å². The first kappa shape index (κ1) is 18.5. The molecule has 2 aromatic carbocycles. The SMILES string of the molecule is Cc1ccc(Oc2nc3cc(C#Cc4ccncc4)c(Cl)cc3[nH]2)cc1C(=O)O. The van der Waals surface area contributed by atoms with Crippen molar-refractivity contribution in [2.75, 3.05) is 0 Å².